The Bertz CT molecular complexity index is 654. The topological polar surface area (TPSA) is 77.3 Å². The smallest absolute Gasteiger partial charge is 0.278 e. The summed E-state index contributed by atoms with van der Waals surface area (Å²) >= 11 is 0. The second-order valence-electron chi connectivity index (χ2n) is 5.18. The molecular formula is C15H17N3O3. The van der Waals surface area contributed by atoms with Crippen molar-refractivity contribution in [1.29, 1.82) is 0 Å². The average Bonchev–Trinajstić information content (AvgIpc) is 2.53. The number of benzene rings is 1. The van der Waals surface area contributed by atoms with Crippen LogP contribution in [-0.4, -0.2) is 29.2 Å². The van der Waals surface area contributed by atoms with Crippen LogP contribution in [0.3, 0.4) is 0 Å². The van der Waals surface area contributed by atoms with E-state index in [0.717, 1.165) is 37.1 Å². The molecular weight excluding hydrogens is 270 g/mol. The molecule has 1 fully saturated rings. The number of hydrogen-bond donors (Lipinski definition) is 1. The molecule has 6 nitrogen and oxygen atoms in total. The molecule has 0 spiro atoms. The highest BCUT2D eigenvalue weighted by molar-refractivity contribution is 5.99. The fourth-order valence-electron chi connectivity index (χ4n) is 2.68. The first kappa shape index (κ1) is 13.8. The van der Waals surface area contributed by atoms with Crippen LogP contribution in [0.25, 0.3) is 10.8 Å². The van der Waals surface area contributed by atoms with E-state index in [4.69, 9.17) is 4.74 Å². The lowest BCUT2D eigenvalue weighted by molar-refractivity contribution is -0.383. The van der Waals surface area contributed by atoms with Crippen molar-refractivity contribution in [2.75, 3.05) is 18.5 Å². The number of nitrogens with one attached hydrogen (secondary N) is 1. The molecule has 1 aliphatic heterocycles. The Morgan fingerprint density at radius 1 is 1.33 bits per heavy atom. The summed E-state index contributed by atoms with van der Waals surface area (Å²) in [6.45, 7) is 1.53. The molecule has 1 aromatic heterocycles. The molecule has 0 aliphatic carbocycles. The Morgan fingerprint density at radius 2 is 2.24 bits per heavy atom. The first-order valence-corrected chi connectivity index (χ1v) is 7.12. The molecule has 3 rings (SSSR count). The number of ether oxygens (including phenoxy) is 1. The third kappa shape index (κ3) is 2.95. The Kier molecular flexibility index (Phi) is 3.96. The summed E-state index contributed by atoms with van der Waals surface area (Å²) < 4.78 is 5.69. The monoisotopic (exact) mass is 287 g/mol. The van der Waals surface area contributed by atoms with Gasteiger partial charge in [0, 0.05) is 42.7 Å². The number of rotatable bonds is 4. The van der Waals surface area contributed by atoms with Crippen molar-refractivity contribution in [1.82, 2.24) is 4.98 Å². The number of nitrogens with zero attached hydrogens (tertiary/aromatic N) is 2. The van der Waals surface area contributed by atoms with Crippen LogP contribution in [0.4, 0.5) is 11.4 Å². The van der Waals surface area contributed by atoms with Crippen LogP contribution in [0.2, 0.25) is 0 Å². The number of aromatic nitrogens is 1. The van der Waals surface area contributed by atoms with Gasteiger partial charge in [-0.2, -0.15) is 0 Å². The second-order valence-corrected chi connectivity index (χ2v) is 5.18. The summed E-state index contributed by atoms with van der Waals surface area (Å²) in [5.74, 6) is 0. The van der Waals surface area contributed by atoms with E-state index in [9.17, 15) is 10.1 Å². The number of anilines is 1. The van der Waals surface area contributed by atoms with Crippen LogP contribution in [0.5, 0.6) is 0 Å². The van der Waals surface area contributed by atoms with Crippen LogP contribution in [0, 0.1) is 10.1 Å². The highest BCUT2D eigenvalue weighted by atomic mass is 16.6. The minimum absolute atomic E-state index is 0.0811. The van der Waals surface area contributed by atoms with Gasteiger partial charge in [0.2, 0.25) is 0 Å². The van der Waals surface area contributed by atoms with Gasteiger partial charge in [0.15, 0.2) is 0 Å². The molecule has 21 heavy (non-hydrogen) atoms. The number of fused-ring (bicyclic) bond motifs is 1. The molecule has 0 radical (unpaired) electrons. The van der Waals surface area contributed by atoms with E-state index in [1.807, 2.05) is 0 Å². The molecule has 1 saturated heterocycles. The molecule has 110 valence electrons. The van der Waals surface area contributed by atoms with Gasteiger partial charge in [0.25, 0.3) is 5.69 Å². The van der Waals surface area contributed by atoms with E-state index >= 15 is 0 Å². The normalized spacial score (nSPS) is 18.6. The summed E-state index contributed by atoms with van der Waals surface area (Å²) in [4.78, 5) is 14.7. The number of nitro groups is 1. The fourth-order valence-corrected chi connectivity index (χ4v) is 2.68. The highest BCUT2D eigenvalue weighted by Crippen LogP contribution is 2.30. The van der Waals surface area contributed by atoms with Gasteiger partial charge in [-0.25, -0.2) is 0 Å². The predicted molar refractivity (Wildman–Crippen MR) is 80.5 cm³/mol. The zero-order valence-electron chi connectivity index (χ0n) is 11.6. The zero-order chi connectivity index (χ0) is 14.7. The highest BCUT2D eigenvalue weighted by Gasteiger charge is 2.16. The molecule has 0 saturated carbocycles. The molecule has 0 amide bonds. The van der Waals surface area contributed by atoms with Gasteiger partial charge >= 0.3 is 0 Å². The SMILES string of the molecule is O=[N+]([O-])c1ccc(NCC2CCCCO2)c2ccncc12. The van der Waals surface area contributed by atoms with Gasteiger partial charge in [-0.15, -0.1) is 0 Å². The van der Waals surface area contributed by atoms with Crippen molar-refractivity contribution in [2.45, 2.75) is 25.4 Å². The van der Waals surface area contributed by atoms with Crippen LogP contribution in [-0.2, 0) is 4.74 Å². The number of nitro benzene ring substituents is 1. The lowest BCUT2D eigenvalue weighted by Gasteiger charge is -2.23. The molecule has 6 heteroatoms. The van der Waals surface area contributed by atoms with Gasteiger partial charge in [0.05, 0.1) is 16.4 Å². The van der Waals surface area contributed by atoms with E-state index in [-0.39, 0.29) is 16.7 Å². The molecule has 1 aromatic carbocycles. The third-order valence-electron chi connectivity index (χ3n) is 3.79. The van der Waals surface area contributed by atoms with Gasteiger partial charge in [0.1, 0.15) is 0 Å². The lowest BCUT2D eigenvalue weighted by Crippen LogP contribution is -2.27. The molecule has 1 unspecified atom stereocenters. The predicted octanol–water partition coefficient (Wildman–Crippen LogP) is 3.12. The molecule has 0 bridgehead atoms. The van der Waals surface area contributed by atoms with Gasteiger partial charge in [-0.1, -0.05) is 0 Å². The van der Waals surface area contributed by atoms with Crippen LogP contribution < -0.4 is 5.32 Å². The maximum Gasteiger partial charge on any atom is 0.278 e. The van der Waals surface area contributed by atoms with Crippen molar-refractivity contribution in [2.24, 2.45) is 0 Å². The fraction of sp³-hybridized carbons (Fsp3) is 0.400. The number of pyridine rings is 1. The molecule has 1 atom stereocenters. The van der Waals surface area contributed by atoms with Gasteiger partial charge < -0.3 is 10.1 Å². The first-order valence-electron chi connectivity index (χ1n) is 7.12. The molecule has 1 aliphatic rings. The zero-order valence-corrected chi connectivity index (χ0v) is 11.6. The maximum atomic E-state index is 11.1. The standard InChI is InChI=1S/C15H17N3O3/c19-18(20)15-5-4-14(12-6-7-16-10-13(12)15)17-9-11-3-1-2-8-21-11/h4-7,10-11,17H,1-3,8-9H2. The summed E-state index contributed by atoms with van der Waals surface area (Å²) in [5.41, 5.74) is 0.963. The summed E-state index contributed by atoms with van der Waals surface area (Å²) in [6.07, 6.45) is 6.77. The van der Waals surface area contributed by atoms with Crippen LogP contribution in [0.15, 0.2) is 30.6 Å². The minimum atomic E-state index is -0.377. The van der Waals surface area contributed by atoms with Gasteiger partial charge in [-0.05, 0) is 31.4 Å². The summed E-state index contributed by atoms with van der Waals surface area (Å²) in [5, 5.41) is 15.8. The summed E-state index contributed by atoms with van der Waals surface area (Å²) in [7, 11) is 0. The van der Waals surface area contributed by atoms with E-state index in [0.29, 0.717) is 5.39 Å². The minimum Gasteiger partial charge on any atom is -0.382 e. The van der Waals surface area contributed by atoms with Crippen LogP contribution >= 0.6 is 0 Å². The number of non-ortho nitro benzene ring substituents is 1. The quantitative estimate of drug-likeness (QED) is 0.690. The van der Waals surface area contributed by atoms with Crippen molar-refractivity contribution in [3.05, 3.63) is 40.7 Å². The first-order chi connectivity index (χ1) is 10.3. The van der Waals surface area contributed by atoms with E-state index in [2.05, 4.69) is 10.3 Å². The van der Waals surface area contributed by atoms with Crippen molar-refractivity contribution in [3.63, 3.8) is 0 Å². The van der Waals surface area contributed by atoms with E-state index < -0.39 is 0 Å². The molecule has 2 aromatic rings. The maximum absolute atomic E-state index is 11.1. The lowest BCUT2D eigenvalue weighted by atomic mass is 10.1. The molecule has 1 N–H and O–H groups in total. The Morgan fingerprint density at radius 3 is 3.00 bits per heavy atom. The Balaban J connectivity index is 1.85. The summed E-state index contributed by atoms with van der Waals surface area (Å²) in [6, 6.07) is 5.07. The Labute approximate surface area is 122 Å². The third-order valence-corrected chi connectivity index (χ3v) is 3.79. The van der Waals surface area contributed by atoms with Crippen LogP contribution in [0.1, 0.15) is 19.3 Å². The second kappa shape index (κ2) is 6.05. The van der Waals surface area contributed by atoms with E-state index in [1.165, 1.54) is 18.7 Å². The van der Waals surface area contributed by atoms with Gasteiger partial charge in [-0.3, -0.25) is 15.1 Å². The van der Waals surface area contributed by atoms with Crippen molar-refractivity contribution >= 4 is 22.1 Å². The van der Waals surface area contributed by atoms with Crippen molar-refractivity contribution in [3.8, 4) is 0 Å². The molecule has 2 heterocycles. The largest absolute Gasteiger partial charge is 0.382 e. The number of hydrogen-bond acceptors (Lipinski definition) is 5. The van der Waals surface area contributed by atoms with E-state index in [1.54, 1.807) is 18.3 Å². The van der Waals surface area contributed by atoms with Crippen molar-refractivity contribution < 1.29 is 9.66 Å². The average molecular weight is 287 g/mol. The Hall–Kier alpha value is -2.21.